The van der Waals surface area contributed by atoms with Crippen molar-refractivity contribution >= 4 is 0 Å². The molecule has 0 aromatic heterocycles. The van der Waals surface area contributed by atoms with E-state index < -0.39 is 0 Å². The molecule has 4 unspecified atom stereocenters. The molecule has 0 heterocycles. The molecule has 1 aliphatic rings. The van der Waals surface area contributed by atoms with Crippen molar-refractivity contribution in [1.82, 2.24) is 0 Å². The maximum atomic E-state index is 5.96. The monoisotopic (exact) mass is 199 g/mol. The maximum Gasteiger partial charge on any atom is 0.0698 e. The SMILES string of the molecule is CCC1CCCC(OC(C)C(C)N)C1. The normalized spacial score (nSPS) is 32.6. The zero-order valence-corrected chi connectivity index (χ0v) is 9.83. The lowest BCUT2D eigenvalue weighted by molar-refractivity contribution is -0.0402. The highest BCUT2D eigenvalue weighted by Crippen LogP contribution is 2.29. The molecule has 0 aliphatic heterocycles. The molecule has 2 heteroatoms. The van der Waals surface area contributed by atoms with Gasteiger partial charge in [-0.2, -0.15) is 0 Å². The van der Waals surface area contributed by atoms with E-state index in [-0.39, 0.29) is 12.1 Å². The van der Waals surface area contributed by atoms with Crippen LogP contribution in [0.5, 0.6) is 0 Å². The Balaban J connectivity index is 2.30. The summed E-state index contributed by atoms with van der Waals surface area (Å²) >= 11 is 0. The van der Waals surface area contributed by atoms with Crippen LogP contribution in [0.4, 0.5) is 0 Å². The summed E-state index contributed by atoms with van der Waals surface area (Å²) in [5, 5.41) is 0. The van der Waals surface area contributed by atoms with Crippen molar-refractivity contribution in [2.45, 2.75) is 71.1 Å². The van der Waals surface area contributed by atoms with Gasteiger partial charge in [0.2, 0.25) is 0 Å². The number of hydrogen-bond donors (Lipinski definition) is 1. The molecular formula is C12H25NO. The molecule has 0 saturated heterocycles. The van der Waals surface area contributed by atoms with Crippen molar-refractivity contribution in [2.75, 3.05) is 0 Å². The Hall–Kier alpha value is -0.0800. The summed E-state index contributed by atoms with van der Waals surface area (Å²) in [4.78, 5) is 0. The summed E-state index contributed by atoms with van der Waals surface area (Å²) in [5.74, 6) is 0.883. The van der Waals surface area contributed by atoms with Crippen molar-refractivity contribution in [3.05, 3.63) is 0 Å². The Kier molecular flexibility index (Phi) is 4.90. The first-order valence-corrected chi connectivity index (χ1v) is 6.04. The van der Waals surface area contributed by atoms with Gasteiger partial charge in [0.25, 0.3) is 0 Å². The van der Waals surface area contributed by atoms with Crippen LogP contribution in [0.2, 0.25) is 0 Å². The Morgan fingerprint density at radius 2 is 2.07 bits per heavy atom. The summed E-state index contributed by atoms with van der Waals surface area (Å²) < 4.78 is 5.96. The third kappa shape index (κ3) is 3.58. The molecule has 0 radical (unpaired) electrons. The van der Waals surface area contributed by atoms with Crippen molar-refractivity contribution < 1.29 is 4.74 Å². The Morgan fingerprint density at radius 1 is 1.36 bits per heavy atom. The Labute approximate surface area is 88.2 Å². The summed E-state index contributed by atoms with van der Waals surface area (Å²) in [6, 6.07) is 0.150. The van der Waals surface area contributed by atoms with E-state index in [4.69, 9.17) is 10.5 Å². The minimum atomic E-state index is 0.150. The van der Waals surface area contributed by atoms with E-state index in [2.05, 4.69) is 13.8 Å². The molecule has 0 aromatic rings. The van der Waals surface area contributed by atoms with Gasteiger partial charge >= 0.3 is 0 Å². The number of nitrogens with two attached hydrogens (primary N) is 1. The highest BCUT2D eigenvalue weighted by molar-refractivity contribution is 4.75. The molecule has 0 aromatic carbocycles. The van der Waals surface area contributed by atoms with E-state index in [1.54, 1.807) is 0 Å². The molecule has 1 aliphatic carbocycles. The predicted molar refractivity (Wildman–Crippen MR) is 60.2 cm³/mol. The molecular weight excluding hydrogens is 174 g/mol. The van der Waals surface area contributed by atoms with Crippen LogP contribution in [0.25, 0.3) is 0 Å². The van der Waals surface area contributed by atoms with Gasteiger partial charge in [0.15, 0.2) is 0 Å². The predicted octanol–water partition coefficient (Wildman–Crippen LogP) is 2.71. The highest BCUT2D eigenvalue weighted by Gasteiger charge is 2.23. The van der Waals surface area contributed by atoms with Gasteiger partial charge in [-0.3, -0.25) is 0 Å². The smallest absolute Gasteiger partial charge is 0.0698 e. The third-order valence-electron chi connectivity index (χ3n) is 3.46. The molecule has 2 nitrogen and oxygen atoms in total. The second-order valence-electron chi connectivity index (χ2n) is 4.76. The topological polar surface area (TPSA) is 35.2 Å². The van der Waals surface area contributed by atoms with E-state index >= 15 is 0 Å². The van der Waals surface area contributed by atoms with Crippen LogP contribution in [0.1, 0.15) is 52.9 Å². The lowest BCUT2D eigenvalue weighted by Crippen LogP contribution is -2.36. The van der Waals surface area contributed by atoms with Gasteiger partial charge in [0, 0.05) is 6.04 Å². The van der Waals surface area contributed by atoms with E-state index in [1.165, 1.54) is 32.1 Å². The minimum Gasteiger partial charge on any atom is -0.374 e. The van der Waals surface area contributed by atoms with E-state index in [0.29, 0.717) is 6.10 Å². The molecule has 1 rings (SSSR count). The van der Waals surface area contributed by atoms with Crippen molar-refractivity contribution in [1.29, 1.82) is 0 Å². The summed E-state index contributed by atoms with van der Waals surface area (Å²) in [7, 11) is 0. The molecule has 0 spiro atoms. The average molecular weight is 199 g/mol. The largest absolute Gasteiger partial charge is 0.374 e. The van der Waals surface area contributed by atoms with Crippen molar-refractivity contribution in [2.24, 2.45) is 11.7 Å². The fourth-order valence-electron chi connectivity index (χ4n) is 2.16. The van der Waals surface area contributed by atoms with E-state index in [9.17, 15) is 0 Å². The molecule has 2 N–H and O–H groups in total. The number of rotatable bonds is 4. The van der Waals surface area contributed by atoms with Crippen LogP contribution >= 0.6 is 0 Å². The second-order valence-corrected chi connectivity index (χ2v) is 4.76. The second kappa shape index (κ2) is 5.72. The lowest BCUT2D eigenvalue weighted by Gasteiger charge is -2.31. The molecule has 14 heavy (non-hydrogen) atoms. The third-order valence-corrected chi connectivity index (χ3v) is 3.46. The van der Waals surface area contributed by atoms with Gasteiger partial charge in [0.1, 0.15) is 0 Å². The zero-order chi connectivity index (χ0) is 10.6. The lowest BCUT2D eigenvalue weighted by atomic mass is 9.85. The summed E-state index contributed by atoms with van der Waals surface area (Å²) in [6.45, 7) is 6.38. The van der Waals surface area contributed by atoms with Crippen LogP contribution in [0.3, 0.4) is 0 Å². The zero-order valence-electron chi connectivity index (χ0n) is 9.83. The average Bonchev–Trinajstić information content (AvgIpc) is 2.18. The van der Waals surface area contributed by atoms with E-state index in [0.717, 1.165) is 5.92 Å². The fourth-order valence-corrected chi connectivity index (χ4v) is 2.16. The van der Waals surface area contributed by atoms with Crippen LogP contribution in [0, 0.1) is 5.92 Å². The maximum absolute atomic E-state index is 5.96. The van der Waals surface area contributed by atoms with Gasteiger partial charge in [-0.05, 0) is 32.6 Å². The molecule has 0 bridgehead atoms. The van der Waals surface area contributed by atoms with Gasteiger partial charge in [-0.1, -0.05) is 26.2 Å². The molecule has 84 valence electrons. The quantitative estimate of drug-likeness (QED) is 0.755. The summed E-state index contributed by atoms with van der Waals surface area (Å²) in [6.07, 6.45) is 7.16. The van der Waals surface area contributed by atoms with Gasteiger partial charge in [-0.15, -0.1) is 0 Å². The van der Waals surface area contributed by atoms with Crippen LogP contribution < -0.4 is 5.73 Å². The van der Waals surface area contributed by atoms with Crippen molar-refractivity contribution in [3.8, 4) is 0 Å². The minimum absolute atomic E-state index is 0.150. The highest BCUT2D eigenvalue weighted by atomic mass is 16.5. The van der Waals surface area contributed by atoms with Gasteiger partial charge in [0.05, 0.1) is 12.2 Å². The Morgan fingerprint density at radius 3 is 2.64 bits per heavy atom. The first-order chi connectivity index (χ1) is 6.63. The van der Waals surface area contributed by atoms with Crippen LogP contribution in [0.15, 0.2) is 0 Å². The van der Waals surface area contributed by atoms with E-state index in [1.807, 2.05) is 6.92 Å². The van der Waals surface area contributed by atoms with Crippen LogP contribution in [-0.4, -0.2) is 18.2 Å². The molecule has 4 atom stereocenters. The van der Waals surface area contributed by atoms with Crippen molar-refractivity contribution in [3.63, 3.8) is 0 Å². The van der Waals surface area contributed by atoms with Crippen LogP contribution in [-0.2, 0) is 4.74 Å². The van der Waals surface area contributed by atoms with Gasteiger partial charge < -0.3 is 10.5 Å². The first-order valence-electron chi connectivity index (χ1n) is 6.04. The fraction of sp³-hybridized carbons (Fsp3) is 1.00. The molecule has 1 fully saturated rings. The number of hydrogen-bond acceptors (Lipinski definition) is 2. The number of ether oxygens (including phenoxy) is 1. The summed E-state index contributed by atoms with van der Waals surface area (Å²) in [5.41, 5.74) is 5.80. The van der Waals surface area contributed by atoms with Gasteiger partial charge in [-0.25, -0.2) is 0 Å². The molecule has 1 saturated carbocycles. The molecule has 0 amide bonds. The first kappa shape index (κ1) is 12.0. The standard InChI is InChI=1S/C12H25NO/c1-4-11-6-5-7-12(8-11)14-10(3)9(2)13/h9-12H,4-8,13H2,1-3H3. The Bertz CT molecular complexity index is 158.